The molecule has 28 heavy (non-hydrogen) atoms. The Kier molecular flexibility index (Phi) is 7.36. The van der Waals surface area contributed by atoms with Crippen LogP contribution in [0.15, 0.2) is 36.7 Å². The first-order valence-electron chi connectivity index (χ1n) is 8.89. The molecule has 0 saturated carbocycles. The van der Waals surface area contributed by atoms with Crippen LogP contribution < -0.4 is 10.1 Å². The second kappa shape index (κ2) is 9.72. The SMILES string of the molecule is COCOc1ccc(CCNC(=O)OC(C)(C)C)cc1-c1cncc(C#N)c1. The van der Waals surface area contributed by atoms with E-state index in [1.165, 1.54) is 6.20 Å². The molecule has 0 aliphatic heterocycles. The number of methoxy groups -OCH3 is 1. The van der Waals surface area contributed by atoms with Crippen molar-refractivity contribution in [1.29, 1.82) is 5.26 Å². The van der Waals surface area contributed by atoms with Crippen molar-refractivity contribution in [1.82, 2.24) is 10.3 Å². The van der Waals surface area contributed by atoms with Crippen molar-refractivity contribution >= 4 is 6.09 Å². The summed E-state index contributed by atoms with van der Waals surface area (Å²) in [7, 11) is 1.55. The zero-order chi connectivity index (χ0) is 20.6. The Labute approximate surface area is 165 Å². The Balaban J connectivity index is 2.16. The van der Waals surface area contributed by atoms with Crippen molar-refractivity contribution in [2.75, 3.05) is 20.4 Å². The van der Waals surface area contributed by atoms with Crippen molar-refractivity contribution in [2.45, 2.75) is 32.8 Å². The fourth-order valence-electron chi connectivity index (χ4n) is 2.48. The van der Waals surface area contributed by atoms with E-state index in [1.807, 2.05) is 39.0 Å². The molecule has 0 aliphatic rings. The van der Waals surface area contributed by atoms with Crippen LogP contribution in [0.1, 0.15) is 31.9 Å². The van der Waals surface area contributed by atoms with Gasteiger partial charge in [0.25, 0.3) is 0 Å². The van der Waals surface area contributed by atoms with E-state index in [1.54, 1.807) is 19.4 Å². The summed E-state index contributed by atoms with van der Waals surface area (Å²) in [5, 5.41) is 11.9. The molecule has 1 N–H and O–H groups in total. The molecule has 2 aromatic rings. The first-order valence-corrected chi connectivity index (χ1v) is 8.89. The monoisotopic (exact) mass is 383 g/mol. The van der Waals surface area contributed by atoms with Gasteiger partial charge in [0.1, 0.15) is 17.4 Å². The lowest BCUT2D eigenvalue weighted by atomic mass is 10.0. The molecule has 0 saturated heterocycles. The summed E-state index contributed by atoms with van der Waals surface area (Å²) in [6, 6.07) is 9.57. The number of pyridine rings is 1. The molecule has 0 atom stereocenters. The number of carbonyl (C=O) groups excluding carboxylic acids is 1. The highest BCUT2D eigenvalue weighted by Gasteiger charge is 2.15. The second-order valence-corrected chi connectivity index (χ2v) is 7.13. The topological polar surface area (TPSA) is 93.5 Å². The minimum Gasteiger partial charge on any atom is -0.467 e. The first-order chi connectivity index (χ1) is 13.3. The summed E-state index contributed by atoms with van der Waals surface area (Å²) in [6.07, 6.45) is 3.35. The highest BCUT2D eigenvalue weighted by Crippen LogP contribution is 2.31. The molecule has 0 radical (unpaired) electrons. The van der Waals surface area contributed by atoms with Gasteiger partial charge in [-0.2, -0.15) is 5.26 Å². The van der Waals surface area contributed by atoms with E-state index >= 15 is 0 Å². The van der Waals surface area contributed by atoms with Crippen LogP contribution in [-0.2, 0) is 15.9 Å². The van der Waals surface area contributed by atoms with Crippen molar-refractivity contribution in [2.24, 2.45) is 0 Å². The lowest BCUT2D eigenvalue weighted by Crippen LogP contribution is -2.33. The number of benzene rings is 1. The van der Waals surface area contributed by atoms with Gasteiger partial charge in [0.15, 0.2) is 6.79 Å². The van der Waals surface area contributed by atoms with Crippen molar-refractivity contribution in [3.63, 3.8) is 0 Å². The molecule has 148 valence electrons. The van der Waals surface area contributed by atoms with Crippen LogP contribution in [0.4, 0.5) is 4.79 Å². The molecule has 0 aliphatic carbocycles. The van der Waals surface area contributed by atoms with Crippen LogP contribution in [0.3, 0.4) is 0 Å². The number of carbonyl (C=O) groups is 1. The van der Waals surface area contributed by atoms with E-state index < -0.39 is 11.7 Å². The van der Waals surface area contributed by atoms with Gasteiger partial charge < -0.3 is 19.5 Å². The molecule has 0 spiro atoms. The van der Waals surface area contributed by atoms with Crippen LogP contribution in [0.2, 0.25) is 0 Å². The lowest BCUT2D eigenvalue weighted by Gasteiger charge is -2.19. The number of alkyl carbamates (subject to hydrolysis) is 1. The van der Waals surface area contributed by atoms with E-state index in [2.05, 4.69) is 16.4 Å². The number of nitrogens with zero attached hydrogens (tertiary/aromatic N) is 2. The Hall–Kier alpha value is -3.11. The van der Waals surface area contributed by atoms with E-state index in [9.17, 15) is 4.79 Å². The minimum absolute atomic E-state index is 0.109. The normalized spacial score (nSPS) is 10.8. The van der Waals surface area contributed by atoms with Crippen LogP contribution in [-0.4, -0.2) is 37.1 Å². The molecule has 2 rings (SSSR count). The Bertz CT molecular complexity index is 853. The van der Waals surface area contributed by atoms with Gasteiger partial charge in [-0.3, -0.25) is 4.98 Å². The summed E-state index contributed by atoms with van der Waals surface area (Å²) in [5.41, 5.74) is 2.50. The fourth-order valence-corrected chi connectivity index (χ4v) is 2.48. The molecule has 0 fully saturated rings. The Morgan fingerprint density at radius 3 is 2.71 bits per heavy atom. The standard InChI is InChI=1S/C21H25N3O4/c1-21(2,3)28-20(25)24-8-7-15-5-6-19(27-14-26-4)18(10-15)17-9-16(11-22)12-23-13-17/h5-6,9-10,12-13H,7-8,14H2,1-4H3,(H,24,25). The van der Waals surface area contributed by atoms with Gasteiger partial charge in [0.2, 0.25) is 0 Å². The molecular formula is C21H25N3O4. The lowest BCUT2D eigenvalue weighted by molar-refractivity contribution is 0.0513. The summed E-state index contributed by atoms with van der Waals surface area (Å²) in [6.45, 7) is 6.00. The molecule has 7 nitrogen and oxygen atoms in total. The number of hydrogen-bond donors (Lipinski definition) is 1. The predicted octanol–water partition coefficient (Wildman–Crippen LogP) is 3.67. The van der Waals surface area contributed by atoms with Gasteiger partial charge in [-0.25, -0.2) is 4.79 Å². The number of amides is 1. The summed E-state index contributed by atoms with van der Waals surface area (Å²) >= 11 is 0. The van der Waals surface area contributed by atoms with Gasteiger partial charge in [-0.1, -0.05) is 6.07 Å². The Morgan fingerprint density at radius 1 is 1.25 bits per heavy atom. The third-order valence-electron chi connectivity index (χ3n) is 3.64. The molecule has 0 bridgehead atoms. The first kappa shape index (κ1) is 21.2. The second-order valence-electron chi connectivity index (χ2n) is 7.13. The number of nitrogens with one attached hydrogen (secondary N) is 1. The highest BCUT2D eigenvalue weighted by molar-refractivity contribution is 5.71. The molecule has 0 unspecified atom stereocenters. The zero-order valence-corrected chi connectivity index (χ0v) is 16.6. The van der Waals surface area contributed by atoms with Crippen LogP contribution in [0, 0.1) is 11.3 Å². The average Bonchev–Trinajstić information content (AvgIpc) is 2.65. The number of hydrogen-bond acceptors (Lipinski definition) is 6. The molecule has 7 heteroatoms. The minimum atomic E-state index is -0.531. The molecule has 1 aromatic carbocycles. The third kappa shape index (κ3) is 6.56. The van der Waals surface area contributed by atoms with Crippen molar-refractivity contribution in [3.8, 4) is 22.9 Å². The van der Waals surface area contributed by atoms with E-state index in [0.29, 0.717) is 24.3 Å². The average molecular weight is 383 g/mol. The van der Waals surface area contributed by atoms with E-state index in [0.717, 1.165) is 16.7 Å². The molecule has 1 aromatic heterocycles. The largest absolute Gasteiger partial charge is 0.467 e. The van der Waals surface area contributed by atoms with Crippen LogP contribution in [0.25, 0.3) is 11.1 Å². The maximum atomic E-state index is 11.8. The van der Waals surface area contributed by atoms with E-state index in [4.69, 9.17) is 19.5 Å². The molecular weight excluding hydrogens is 358 g/mol. The number of ether oxygens (including phenoxy) is 3. The maximum absolute atomic E-state index is 11.8. The van der Waals surface area contributed by atoms with Crippen molar-refractivity contribution in [3.05, 3.63) is 47.8 Å². The van der Waals surface area contributed by atoms with Gasteiger partial charge in [0.05, 0.1) is 5.56 Å². The van der Waals surface area contributed by atoms with Gasteiger partial charge in [-0.15, -0.1) is 0 Å². The smallest absolute Gasteiger partial charge is 0.407 e. The van der Waals surface area contributed by atoms with Crippen molar-refractivity contribution < 1.29 is 19.0 Å². The molecule has 1 heterocycles. The summed E-state index contributed by atoms with van der Waals surface area (Å²) in [4.78, 5) is 15.9. The number of rotatable bonds is 7. The zero-order valence-electron chi connectivity index (χ0n) is 16.6. The molecule has 1 amide bonds. The van der Waals surface area contributed by atoms with Gasteiger partial charge >= 0.3 is 6.09 Å². The highest BCUT2D eigenvalue weighted by atomic mass is 16.7. The van der Waals surface area contributed by atoms with Crippen LogP contribution in [0.5, 0.6) is 5.75 Å². The maximum Gasteiger partial charge on any atom is 0.407 e. The number of aromatic nitrogens is 1. The van der Waals surface area contributed by atoms with Crippen LogP contribution >= 0.6 is 0 Å². The summed E-state index contributed by atoms with van der Waals surface area (Å²) < 4.78 is 15.9. The third-order valence-corrected chi connectivity index (χ3v) is 3.64. The number of nitriles is 1. The summed E-state index contributed by atoms with van der Waals surface area (Å²) in [5.74, 6) is 0.627. The van der Waals surface area contributed by atoms with Gasteiger partial charge in [-0.05, 0) is 51.0 Å². The predicted molar refractivity (Wildman–Crippen MR) is 105 cm³/mol. The Morgan fingerprint density at radius 2 is 2.04 bits per heavy atom. The van der Waals surface area contributed by atoms with E-state index in [-0.39, 0.29) is 6.79 Å². The quantitative estimate of drug-likeness (QED) is 0.733. The fraction of sp³-hybridized carbons (Fsp3) is 0.381. The van der Waals surface area contributed by atoms with Gasteiger partial charge in [0, 0.05) is 37.2 Å².